The van der Waals surface area contributed by atoms with E-state index in [-0.39, 0.29) is 58.4 Å². The van der Waals surface area contributed by atoms with E-state index in [0.29, 0.717) is 66.1 Å². The number of furan rings is 2. The maximum absolute atomic E-state index is 9.40. The number of hydrogen-bond donors (Lipinski definition) is 0. The maximum Gasteiger partial charge on any atom is 0.167 e. The molecule has 0 radical (unpaired) electrons. The topological polar surface area (TPSA) is 65.0 Å². The maximum atomic E-state index is 9.40. The standard InChI is InChI=1S/C53H31N3O2/c1-2-13-33(14-3-1)51-54-52(56-53(55-51)45-21-10-20-42-40-18-8-9-22-46(40)58-50(42)45)43-29-28-39(37-16-6-7-17-38(37)43)41-19-11-23-47-49(41)44-27-26-36(31-48(44)57-47)35-25-24-32-12-4-5-15-34(32)30-35/h1-31H/i1D,2D,3D,13D,14D,19D,23D,26D,31D. The second-order valence-corrected chi connectivity index (χ2v) is 14.0. The second-order valence-electron chi connectivity index (χ2n) is 14.0. The third-order valence-corrected chi connectivity index (χ3v) is 10.7. The number of hydrogen-bond acceptors (Lipinski definition) is 5. The van der Waals surface area contributed by atoms with Crippen LogP contribution in [0.25, 0.3) is 122 Å². The normalized spacial score (nSPS) is 14.0. The molecule has 0 aliphatic carbocycles. The Hall–Kier alpha value is -7.89. The van der Waals surface area contributed by atoms with Crippen LogP contribution in [0.4, 0.5) is 0 Å². The monoisotopic (exact) mass is 750 g/mol. The Morgan fingerprint density at radius 1 is 0.379 bits per heavy atom. The zero-order valence-electron chi connectivity index (χ0n) is 39.4. The van der Waals surface area contributed by atoms with Crippen LogP contribution in [0, 0.1) is 0 Å². The summed E-state index contributed by atoms with van der Waals surface area (Å²) in [6, 6.07) is 38.7. The summed E-state index contributed by atoms with van der Waals surface area (Å²) in [7, 11) is 0. The van der Waals surface area contributed by atoms with Crippen molar-refractivity contribution in [3.8, 4) is 56.4 Å². The predicted molar refractivity (Wildman–Crippen MR) is 237 cm³/mol. The summed E-state index contributed by atoms with van der Waals surface area (Å²) in [6.45, 7) is 0. The number of nitrogens with zero attached hydrogens (tertiary/aromatic N) is 3. The van der Waals surface area contributed by atoms with Gasteiger partial charge < -0.3 is 8.83 Å². The van der Waals surface area contributed by atoms with Gasteiger partial charge in [0.1, 0.15) is 22.3 Å². The first-order chi connectivity index (χ1) is 32.5. The number of benzene rings is 9. The van der Waals surface area contributed by atoms with Crippen molar-refractivity contribution in [2.24, 2.45) is 0 Å². The van der Waals surface area contributed by atoms with Gasteiger partial charge in [0.05, 0.1) is 17.9 Å². The van der Waals surface area contributed by atoms with Gasteiger partial charge in [-0.2, -0.15) is 0 Å². The van der Waals surface area contributed by atoms with Crippen molar-refractivity contribution in [2.45, 2.75) is 0 Å². The van der Waals surface area contributed by atoms with Crippen LogP contribution in [0.15, 0.2) is 197 Å². The van der Waals surface area contributed by atoms with Crippen LogP contribution in [-0.4, -0.2) is 15.0 Å². The molecule has 0 unspecified atom stereocenters. The Labute approximate surface area is 345 Å². The highest BCUT2D eigenvalue weighted by Crippen LogP contribution is 2.43. The summed E-state index contributed by atoms with van der Waals surface area (Å²) in [5, 5.41) is 5.90. The van der Waals surface area contributed by atoms with E-state index >= 15 is 0 Å². The predicted octanol–water partition coefficient (Wildman–Crippen LogP) is 14.3. The Kier molecular flexibility index (Phi) is 5.44. The molecule has 0 fully saturated rings. The summed E-state index contributed by atoms with van der Waals surface area (Å²) in [5.74, 6) is 0.161. The highest BCUT2D eigenvalue weighted by molar-refractivity contribution is 6.17. The third kappa shape index (κ3) is 5.14. The lowest BCUT2D eigenvalue weighted by atomic mass is 9.92. The van der Waals surface area contributed by atoms with E-state index in [1.165, 1.54) is 6.07 Å². The van der Waals surface area contributed by atoms with Gasteiger partial charge in [-0.3, -0.25) is 0 Å². The Morgan fingerprint density at radius 2 is 1.10 bits per heavy atom. The van der Waals surface area contributed by atoms with Crippen LogP contribution in [0.3, 0.4) is 0 Å². The Balaban J connectivity index is 1.09. The van der Waals surface area contributed by atoms with Gasteiger partial charge in [0, 0.05) is 32.7 Å². The molecule has 12 rings (SSSR count). The Morgan fingerprint density at radius 3 is 1.98 bits per heavy atom. The molecule has 12 aromatic rings. The summed E-state index contributed by atoms with van der Waals surface area (Å²) in [5.41, 5.74) is 4.51. The molecule has 0 saturated heterocycles. The molecule has 0 atom stereocenters. The molecule has 270 valence electrons. The van der Waals surface area contributed by atoms with Crippen molar-refractivity contribution >= 4 is 65.4 Å². The number of aromatic nitrogens is 3. The van der Waals surface area contributed by atoms with E-state index in [1.807, 2.05) is 109 Å². The van der Waals surface area contributed by atoms with Gasteiger partial charge in [0.15, 0.2) is 17.5 Å². The molecule has 0 amide bonds. The minimum atomic E-state index is -0.545. The average Bonchev–Trinajstić information content (AvgIpc) is 3.92. The van der Waals surface area contributed by atoms with Gasteiger partial charge in [-0.25, -0.2) is 15.0 Å². The van der Waals surface area contributed by atoms with Gasteiger partial charge in [0.2, 0.25) is 0 Å². The largest absolute Gasteiger partial charge is 0.456 e. The van der Waals surface area contributed by atoms with Crippen LogP contribution in [0.2, 0.25) is 0 Å². The first kappa shape index (κ1) is 24.6. The molecule has 5 heteroatoms. The fourth-order valence-electron chi connectivity index (χ4n) is 8.00. The van der Waals surface area contributed by atoms with E-state index in [1.54, 1.807) is 18.2 Å². The smallest absolute Gasteiger partial charge is 0.167 e. The molecular weight excluding hydrogens is 711 g/mol. The molecule has 0 aliphatic rings. The van der Waals surface area contributed by atoms with E-state index in [9.17, 15) is 4.11 Å². The molecule has 0 N–H and O–H groups in total. The highest BCUT2D eigenvalue weighted by Gasteiger charge is 2.21. The fourth-order valence-corrected chi connectivity index (χ4v) is 8.00. The number of rotatable bonds is 5. The second kappa shape index (κ2) is 12.8. The lowest BCUT2D eigenvalue weighted by Gasteiger charge is -2.14. The SMILES string of the molecule is [2H]c1cc2c(oc3c([2H])cc([2H])c(-c4ccc(-c5nc(-c6c([2H])c([2H])c([2H])c([2H])c6[2H])nc(-c6cccc7c6oc6ccccc67)n5)c5ccccc45)c32)c([2H])c1-c1ccc2ccccc2c1. The van der Waals surface area contributed by atoms with Crippen molar-refractivity contribution in [3.63, 3.8) is 0 Å². The van der Waals surface area contributed by atoms with Gasteiger partial charge in [-0.05, 0) is 86.2 Å². The van der Waals surface area contributed by atoms with Crippen LogP contribution >= 0.6 is 0 Å². The van der Waals surface area contributed by atoms with Gasteiger partial charge in [-0.1, -0.05) is 145 Å². The van der Waals surface area contributed by atoms with Crippen molar-refractivity contribution in [3.05, 3.63) is 188 Å². The summed E-state index contributed by atoms with van der Waals surface area (Å²) in [6.07, 6.45) is 0. The van der Waals surface area contributed by atoms with E-state index in [4.69, 9.17) is 32.0 Å². The summed E-state index contributed by atoms with van der Waals surface area (Å²) in [4.78, 5) is 14.7. The van der Waals surface area contributed by atoms with Crippen LogP contribution in [0.1, 0.15) is 12.3 Å². The van der Waals surface area contributed by atoms with E-state index < -0.39 is 30.2 Å². The first-order valence-electron chi connectivity index (χ1n) is 23.2. The molecule has 58 heavy (non-hydrogen) atoms. The van der Waals surface area contributed by atoms with Crippen LogP contribution in [0.5, 0.6) is 0 Å². The highest BCUT2D eigenvalue weighted by atomic mass is 16.3. The molecule has 3 aromatic heterocycles. The summed E-state index contributed by atoms with van der Waals surface area (Å²) >= 11 is 0. The average molecular weight is 751 g/mol. The Bertz CT molecular complexity index is 4100. The van der Waals surface area contributed by atoms with Crippen molar-refractivity contribution in [1.82, 2.24) is 15.0 Å². The molecule has 0 bridgehead atoms. The zero-order chi connectivity index (χ0) is 46.0. The zero-order valence-corrected chi connectivity index (χ0v) is 30.4. The molecule has 3 heterocycles. The molecule has 0 spiro atoms. The van der Waals surface area contributed by atoms with Gasteiger partial charge in [-0.15, -0.1) is 0 Å². The first-order valence-corrected chi connectivity index (χ1v) is 18.7. The number of fused-ring (bicyclic) bond motifs is 8. The molecule has 0 saturated carbocycles. The van der Waals surface area contributed by atoms with Gasteiger partial charge >= 0.3 is 0 Å². The van der Waals surface area contributed by atoms with Crippen molar-refractivity contribution in [2.75, 3.05) is 0 Å². The van der Waals surface area contributed by atoms with Crippen LogP contribution in [-0.2, 0) is 0 Å². The molecule has 0 aliphatic heterocycles. The minimum absolute atomic E-state index is 0.00460. The van der Waals surface area contributed by atoms with E-state index in [0.717, 1.165) is 21.5 Å². The summed E-state index contributed by atoms with van der Waals surface area (Å²) < 4.78 is 92.8. The minimum Gasteiger partial charge on any atom is -0.456 e. The molecule has 9 aromatic carbocycles. The van der Waals surface area contributed by atoms with E-state index in [2.05, 4.69) is 0 Å². The van der Waals surface area contributed by atoms with Gasteiger partial charge in [0.25, 0.3) is 0 Å². The fraction of sp³-hybridized carbons (Fsp3) is 0. The molecule has 5 nitrogen and oxygen atoms in total. The number of para-hydroxylation sites is 2. The van der Waals surface area contributed by atoms with Crippen LogP contribution < -0.4 is 0 Å². The third-order valence-electron chi connectivity index (χ3n) is 10.7. The lowest BCUT2D eigenvalue weighted by Crippen LogP contribution is -2.01. The quantitative estimate of drug-likeness (QED) is 0.175. The van der Waals surface area contributed by atoms with Crippen molar-refractivity contribution < 1.29 is 21.2 Å². The lowest BCUT2D eigenvalue weighted by molar-refractivity contribution is 0.669. The molecular formula is C53H31N3O2. The van der Waals surface area contributed by atoms with Crippen molar-refractivity contribution in [1.29, 1.82) is 0 Å².